The van der Waals surface area contributed by atoms with E-state index in [1.807, 2.05) is 0 Å². The maximum absolute atomic E-state index is 11.7. The molecule has 2 aliphatic carbocycles. The average Bonchev–Trinajstić information content (AvgIpc) is 3.20. The van der Waals surface area contributed by atoms with E-state index in [9.17, 15) is 9.59 Å². The minimum atomic E-state index is -0.881. The normalized spacial score (nSPS) is 24.1. The summed E-state index contributed by atoms with van der Waals surface area (Å²) in [6, 6.07) is 0. The number of rotatable bonds is 11. The molecule has 0 saturated heterocycles. The molecule has 0 aliphatic heterocycles. The van der Waals surface area contributed by atoms with Gasteiger partial charge in [-0.1, -0.05) is 0 Å². The van der Waals surface area contributed by atoms with Crippen LogP contribution in [0.3, 0.4) is 0 Å². The van der Waals surface area contributed by atoms with Crippen LogP contribution >= 0.6 is 0 Å². The summed E-state index contributed by atoms with van der Waals surface area (Å²) in [5.74, 6) is 7.30. The zero-order valence-corrected chi connectivity index (χ0v) is 14.5. The van der Waals surface area contributed by atoms with Crippen molar-refractivity contribution in [1.29, 1.82) is 0 Å². The topological polar surface area (TPSA) is 94.1 Å². The third-order valence-corrected chi connectivity index (χ3v) is 4.59. The van der Waals surface area contributed by atoms with Crippen LogP contribution in [-0.4, -0.2) is 56.7 Å². The van der Waals surface area contributed by atoms with Crippen LogP contribution in [0.1, 0.15) is 32.1 Å². The number of hydrogen-bond acceptors (Lipinski definition) is 5. The molecule has 2 rings (SSSR count). The molecule has 1 saturated carbocycles. The Kier molecular flexibility index (Phi) is 8.56. The fourth-order valence-corrected chi connectivity index (χ4v) is 3.21. The molecule has 0 aromatic rings. The fraction of sp³-hybridized carbons (Fsp3) is 0.778. The number of ether oxygens (including phenoxy) is 3. The molecule has 2 unspecified atom stereocenters. The molecule has 2 atom stereocenters. The first-order valence-electron chi connectivity index (χ1n) is 8.92. The summed E-state index contributed by atoms with van der Waals surface area (Å²) in [5, 5.41) is 11.1. The monoisotopic (exact) mass is 353 g/mol. The van der Waals surface area contributed by atoms with Gasteiger partial charge >= 0.3 is 12.1 Å². The highest BCUT2D eigenvalue weighted by Gasteiger charge is 2.49. The molecular weight excluding hydrogens is 326 g/mol. The largest absolute Gasteiger partial charge is 0.481 e. The highest BCUT2D eigenvalue weighted by Crippen LogP contribution is 2.52. The van der Waals surface area contributed by atoms with Crippen molar-refractivity contribution in [2.24, 2.45) is 17.8 Å². The Hall–Kier alpha value is -1.78. The van der Waals surface area contributed by atoms with E-state index in [1.165, 1.54) is 0 Å². The Morgan fingerprint density at radius 3 is 2.28 bits per heavy atom. The number of amides is 1. The lowest BCUT2D eigenvalue weighted by atomic mass is 10.1. The molecule has 7 nitrogen and oxygen atoms in total. The van der Waals surface area contributed by atoms with E-state index in [0.717, 1.165) is 25.7 Å². The molecule has 1 fully saturated rings. The van der Waals surface area contributed by atoms with Crippen LogP contribution in [-0.2, 0) is 19.0 Å². The van der Waals surface area contributed by atoms with Gasteiger partial charge in [0.05, 0.1) is 39.5 Å². The number of alkyl carbamates (subject to hydrolysis) is 1. The van der Waals surface area contributed by atoms with E-state index >= 15 is 0 Å². The van der Waals surface area contributed by atoms with Crippen molar-refractivity contribution in [2.45, 2.75) is 32.1 Å². The number of carboxylic acid groups (broad SMARTS) is 1. The fourth-order valence-electron chi connectivity index (χ4n) is 3.21. The van der Waals surface area contributed by atoms with Gasteiger partial charge in [0.15, 0.2) is 0 Å². The summed E-state index contributed by atoms with van der Waals surface area (Å²) in [4.78, 5) is 21.9. The van der Waals surface area contributed by atoms with Crippen molar-refractivity contribution in [3.8, 4) is 11.8 Å². The van der Waals surface area contributed by atoms with Gasteiger partial charge in [-0.3, -0.25) is 4.79 Å². The van der Waals surface area contributed by atoms with Crippen LogP contribution in [0.4, 0.5) is 4.79 Å². The Balaban J connectivity index is 1.40. The maximum Gasteiger partial charge on any atom is 0.407 e. The van der Waals surface area contributed by atoms with Crippen molar-refractivity contribution in [3.63, 3.8) is 0 Å². The van der Waals surface area contributed by atoms with Gasteiger partial charge in [-0.2, -0.15) is 0 Å². The number of carbonyl (C=O) groups excluding carboxylic acids is 1. The van der Waals surface area contributed by atoms with Gasteiger partial charge in [0, 0.05) is 19.4 Å². The van der Waals surface area contributed by atoms with Gasteiger partial charge in [0.1, 0.15) is 0 Å². The van der Waals surface area contributed by atoms with Crippen molar-refractivity contribution in [1.82, 2.24) is 5.32 Å². The van der Waals surface area contributed by atoms with E-state index in [-0.39, 0.29) is 13.0 Å². The van der Waals surface area contributed by atoms with Gasteiger partial charge in [0.25, 0.3) is 0 Å². The summed E-state index contributed by atoms with van der Waals surface area (Å²) >= 11 is 0. The molecule has 2 aliphatic rings. The molecule has 140 valence electrons. The molecule has 0 aromatic carbocycles. The predicted octanol–water partition coefficient (Wildman–Crippen LogP) is 1.66. The smallest absolute Gasteiger partial charge is 0.407 e. The number of aliphatic carboxylic acids is 1. The molecule has 25 heavy (non-hydrogen) atoms. The van der Waals surface area contributed by atoms with Crippen LogP contribution in [0.2, 0.25) is 0 Å². The van der Waals surface area contributed by atoms with E-state index in [0.29, 0.717) is 50.7 Å². The van der Waals surface area contributed by atoms with Crippen LogP contribution in [0.5, 0.6) is 0 Å². The number of nitrogens with one attached hydrogen (secondary N) is 1. The lowest BCUT2D eigenvalue weighted by molar-refractivity contribution is -0.138. The third kappa shape index (κ3) is 7.76. The second-order valence-corrected chi connectivity index (χ2v) is 6.32. The van der Waals surface area contributed by atoms with Crippen LogP contribution in [0, 0.1) is 29.6 Å². The lowest BCUT2D eigenvalue weighted by Crippen LogP contribution is -2.29. The van der Waals surface area contributed by atoms with Gasteiger partial charge in [-0.25, -0.2) is 4.79 Å². The highest BCUT2D eigenvalue weighted by atomic mass is 16.6. The Labute approximate surface area is 148 Å². The zero-order valence-electron chi connectivity index (χ0n) is 14.5. The van der Waals surface area contributed by atoms with E-state index in [1.54, 1.807) is 0 Å². The minimum Gasteiger partial charge on any atom is -0.481 e. The molecule has 0 radical (unpaired) electrons. The summed E-state index contributed by atoms with van der Waals surface area (Å²) in [5.41, 5.74) is 0. The first-order chi connectivity index (χ1) is 12.2. The van der Waals surface area contributed by atoms with Gasteiger partial charge < -0.3 is 24.6 Å². The van der Waals surface area contributed by atoms with E-state index < -0.39 is 12.1 Å². The highest BCUT2D eigenvalue weighted by molar-refractivity contribution is 5.67. The molecule has 0 spiro atoms. The van der Waals surface area contributed by atoms with Gasteiger partial charge in [0.2, 0.25) is 0 Å². The lowest BCUT2D eigenvalue weighted by Gasteiger charge is -2.08. The zero-order chi connectivity index (χ0) is 17.9. The SMILES string of the molecule is O=C(O)CCOCCOCCNC(=O)OCC1C2CCC#CCCC21. The van der Waals surface area contributed by atoms with Gasteiger partial charge in [-0.05, 0) is 30.6 Å². The number of hydrogen-bond donors (Lipinski definition) is 2. The maximum atomic E-state index is 11.7. The van der Waals surface area contributed by atoms with Crippen molar-refractivity contribution in [2.75, 3.05) is 39.6 Å². The van der Waals surface area contributed by atoms with Crippen molar-refractivity contribution >= 4 is 12.1 Å². The molecule has 1 amide bonds. The van der Waals surface area contributed by atoms with Crippen molar-refractivity contribution in [3.05, 3.63) is 0 Å². The summed E-state index contributed by atoms with van der Waals surface area (Å²) < 4.78 is 15.7. The molecule has 7 heteroatoms. The standard InChI is InChI=1S/C18H27NO6/c20-17(21)7-9-23-11-12-24-10-8-19-18(22)25-13-16-14-5-3-1-2-4-6-15(14)16/h14-16H,3-13H2,(H,19,22)(H,20,21). The number of carboxylic acids is 1. The molecular formula is C18H27NO6. The van der Waals surface area contributed by atoms with Crippen LogP contribution < -0.4 is 5.32 Å². The first-order valence-corrected chi connectivity index (χ1v) is 8.92. The second kappa shape index (κ2) is 11.0. The first kappa shape index (κ1) is 19.5. The summed E-state index contributed by atoms with van der Waals surface area (Å²) in [6.07, 6.45) is 3.74. The third-order valence-electron chi connectivity index (χ3n) is 4.59. The van der Waals surface area contributed by atoms with Crippen LogP contribution in [0.15, 0.2) is 0 Å². The van der Waals surface area contributed by atoms with Crippen LogP contribution in [0.25, 0.3) is 0 Å². The molecule has 2 N–H and O–H groups in total. The molecule has 0 aromatic heterocycles. The Morgan fingerprint density at radius 1 is 1.00 bits per heavy atom. The quantitative estimate of drug-likeness (QED) is 0.433. The average molecular weight is 353 g/mol. The molecule has 0 heterocycles. The molecule has 0 bridgehead atoms. The summed E-state index contributed by atoms with van der Waals surface area (Å²) in [7, 11) is 0. The van der Waals surface area contributed by atoms with Gasteiger partial charge in [-0.15, -0.1) is 11.8 Å². The van der Waals surface area contributed by atoms with Crippen molar-refractivity contribution < 1.29 is 28.9 Å². The minimum absolute atomic E-state index is 0.0108. The summed E-state index contributed by atoms with van der Waals surface area (Å²) in [6.45, 7) is 2.11. The van der Waals surface area contributed by atoms with E-state index in [2.05, 4.69) is 17.2 Å². The predicted molar refractivity (Wildman–Crippen MR) is 90.0 cm³/mol. The second-order valence-electron chi connectivity index (χ2n) is 6.32. The Morgan fingerprint density at radius 2 is 1.64 bits per heavy atom. The van der Waals surface area contributed by atoms with E-state index in [4.69, 9.17) is 19.3 Å². The number of carbonyl (C=O) groups is 2. The Bertz CT molecular complexity index is 480. The number of fused-ring (bicyclic) bond motifs is 1.